The second-order valence-corrected chi connectivity index (χ2v) is 4.44. The van der Waals surface area contributed by atoms with Crippen molar-refractivity contribution >= 4 is 5.82 Å². The van der Waals surface area contributed by atoms with Crippen molar-refractivity contribution in [1.29, 1.82) is 0 Å². The highest BCUT2D eigenvalue weighted by Gasteiger charge is 2.03. The van der Waals surface area contributed by atoms with E-state index in [4.69, 9.17) is 0 Å². The van der Waals surface area contributed by atoms with E-state index in [0.29, 0.717) is 0 Å². The van der Waals surface area contributed by atoms with Crippen molar-refractivity contribution in [3.8, 4) is 11.1 Å². The highest BCUT2D eigenvalue weighted by atomic mass is 15.0. The van der Waals surface area contributed by atoms with Gasteiger partial charge in [0.05, 0.1) is 0 Å². The normalized spacial score (nSPS) is 10.4. The zero-order valence-electron chi connectivity index (χ0n) is 10.8. The first kappa shape index (κ1) is 11.6. The van der Waals surface area contributed by atoms with Gasteiger partial charge in [-0.05, 0) is 49.1 Å². The molecule has 0 aliphatic heterocycles. The van der Waals surface area contributed by atoms with Gasteiger partial charge in [0, 0.05) is 18.8 Å². The number of nitrogens with zero attached hydrogens (tertiary/aromatic N) is 1. The molecule has 0 aliphatic carbocycles. The molecule has 17 heavy (non-hydrogen) atoms. The van der Waals surface area contributed by atoms with Gasteiger partial charge in [-0.15, -0.1) is 0 Å². The second-order valence-electron chi connectivity index (χ2n) is 4.44. The molecule has 2 nitrogen and oxygen atoms in total. The van der Waals surface area contributed by atoms with E-state index in [1.807, 2.05) is 13.2 Å². The molecule has 0 amide bonds. The topological polar surface area (TPSA) is 24.9 Å². The number of pyridine rings is 1. The van der Waals surface area contributed by atoms with Crippen LogP contribution in [0.25, 0.3) is 11.1 Å². The van der Waals surface area contributed by atoms with E-state index in [-0.39, 0.29) is 0 Å². The summed E-state index contributed by atoms with van der Waals surface area (Å²) < 4.78 is 0. The molecule has 0 fully saturated rings. The van der Waals surface area contributed by atoms with Crippen LogP contribution < -0.4 is 5.32 Å². The van der Waals surface area contributed by atoms with E-state index < -0.39 is 0 Å². The molecule has 0 bridgehead atoms. The third-order valence-electron chi connectivity index (χ3n) is 3.16. The average Bonchev–Trinajstić information content (AvgIpc) is 2.32. The molecule has 0 saturated carbocycles. The number of aromatic nitrogens is 1. The predicted octanol–water partition coefficient (Wildman–Crippen LogP) is 3.72. The number of nitrogens with one attached hydrogen (secondary N) is 1. The van der Waals surface area contributed by atoms with Gasteiger partial charge in [0.15, 0.2) is 0 Å². The van der Waals surface area contributed by atoms with Gasteiger partial charge in [-0.25, -0.2) is 4.98 Å². The lowest BCUT2D eigenvalue weighted by atomic mass is 10.0. The minimum Gasteiger partial charge on any atom is -0.373 e. The molecule has 2 aromatic rings. The Balaban J connectivity index is 2.46. The SMILES string of the molecule is CNc1ncc(-c2ccc(C)c(C)c2)cc1C. The minimum atomic E-state index is 0.942. The molecule has 1 aromatic heterocycles. The maximum absolute atomic E-state index is 4.41. The Kier molecular flexibility index (Phi) is 3.14. The Labute approximate surface area is 103 Å². The molecule has 2 rings (SSSR count). The van der Waals surface area contributed by atoms with Crippen LogP contribution in [0, 0.1) is 20.8 Å². The lowest BCUT2D eigenvalue weighted by Crippen LogP contribution is -1.95. The Hall–Kier alpha value is -1.83. The lowest BCUT2D eigenvalue weighted by molar-refractivity contribution is 1.24. The quantitative estimate of drug-likeness (QED) is 0.844. The molecule has 2 heteroatoms. The molecule has 0 aliphatic rings. The molecule has 0 atom stereocenters. The summed E-state index contributed by atoms with van der Waals surface area (Å²) in [6.07, 6.45) is 1.92. The minimum absolute atomic E-state index is 0.942. The molecule has 0 radical (unpaired) electrons. The fourth-order valence-corrected chi connectivity index (χ4v) is 1.92. The van der Waals surface area contributed by atoms with Gasteiger partial charge in [0.1, 0.15) is 5.82 Å². The number of anilines is 1. The summed E-state index contributed by atoms with van der Waals surface area (Å²) >= 11 is 0. The van der Waals surface area contributed by atoms with Crippen molar-refractivity contribution < 1.29 is 0 Å². The van der Waals surface area contributed by atoms with Crippen LogP contribution in [0.5, 0.6) is 0 Å². The van der Waals surface area contributed by atoms with Gasteiger partial charge in [-0.3, -0.25) is 0 Å². The summed E-state index contributed by atoms with van der Waals surface area (Å²) in [6.45, 7) is 6.34. The molecule has 0 saturated heterocycles. The first-order chi connectivity index (χ1) is 8.11. The zero-order valence-corrected chi connectivity index (χ0v) is 10.8. The maximum atomic E-state index is 4.41. The number of aryl methyl sites for hydroxylation is 3. The van der Waals surface area contributed by atoms with E-state index in [0.717, 1.165) is 5.82 Å². The highest BCUT2D eigenvalue weighted by Crippen LogP contribution is 2.24. The fourth-order valence-electron chi connectivity index (χ4n) is 1.92. The van der Waals surface area contributed by atoms with E-state index >= 15 is 0 Å². The summed E-state index contributed by atoms with van der Waals surface area (Å²) in [5.74, 6) is 0.942. The van der Waals surface area contributed by atoms with Crippen molar-refractivity contribution in [3.63, 3.8) is 0 Å². The standard InChI is InChI=1S/C15H18N2/c1-10-5-6-13(7-11(10)2)14-8-12(3)15(16-4)17-9-14/h5-9H,1-4H3,(H,16,17). The van der Waals surface area contributed by atoms with Crippen LogP contribution >= 0.6 is 0 Å². The summed E-state index contributed by atoms with van der Waals surface area (Å²) in [4.78, 5) is 4.41. The van der Waals surface area contributed by atoms with Crippen LogP contribution in [-0.4, -0.2) is 12.0 Å². The van der Waals surface area contributed by atoms with Crippen LogP contribution in [-0.2, 0) is 0 Å². The Morgan fingerprint density at radius 1 is 0.882 bits per heavy atom. The maximum Gasteiger partial charge on any atom is 0.128 e. The Bertz CT molecular complexity index is 545. The Morgan fingerprint density at radius 2 is 1.59 bits per heavy atom. The molecule has 88 valence electrons. The number of hydrogen-bond acceptors (Lipinski definition) is 2. The van der Waals surface area contributed by atoms with Crippen LogP contribution in [0.2, 0.25) is 0 Å². The third-order valence-corrected chi connectivity index (χ3v) is 3.16. The van der Waals surface area contributed by atoms with Crippen molar-refractivity contribution in [2.75, 3.05) is 12.4 Å². The number of hydrogen-bond donors (Lipinski definition) is 1. The first-order valence-electron chi connectivity index (χ1n) is 5.84. The molecular formula is C15H18N2. The van der Waals surface area contributed by atoms with Gasteiger partial charge in [-0.2, -0.15) is 0 Å². The van der Waals surface area contributed by atoms with Gasteiger partial charge in [0.25, 0.3) is 0 Å². The molecule has 0 spiro atoms. The molecule has 1 N–H and O–H groups in total. The van der Waals surface area contributed by atoms with E-state index in [1.165, 1.54) is 27.8 Å². The third kappa shape index (κ3) is 2.31. The van der Waals surface area contributed by atoms with E-state index in [9.17, 15) is 0 Å². The fraction of sp³-hybridized carbons (Fsp3) is 0.267. The van der Waals surface area contributed by atoms with Crippen molar-refractivity contribution in [2.45, 2.75) is 20.8 Å². The zero-order chi connectivity index (χ0) is 12.4. The monoisotopic (exact) mass is 226 g/mol. The van der Waals surface area contributed by atoms with E-state index in [1.54, 1.807) is 0 Å². The largest absolute Gasteiger partial charge is 0.373 e. The molecule has 1 aromatic carbocycles. The van der Waals surface area contributed by atoms with Crippen LogP contribution in [0.15, 0.2) is 30.5 Å². The summed E-state index contributed by atoms with van der Waals surface area (Å²) in [6, 6.07) is 8.69. The van der Waals surface area contributed by atoms with Crippen molar-refractivity contribution in [3.05, 3.63) is 47.2 Å². The molecule has 0 unspecified atom stereocenters. The number of rotatable bonds is 2. The van der Waals surface area contributed by atoms with Gasteiger partial charge < -0.3 is 5.32 Å². The van der Waals surface area contributed by atoms with Crippen molar-refractivity contribution in [2.24, 2.45) is 0 Å². The summed E-state index contributed by atoms with van der Waals surface area (Å²) in [5, 5.41) is 3.08. The van der Waals surface area contributed by atoms with Gasteiger partial charge >= 0.3 is 0 Å². The van der Waals surface area contributed by atoms with Crippen LogP contribution in [0.1, 0.15) is 16.7 Å². The van der Waals surface area contributed by atoms with Gasteiger partial charge in [-0.1, -0.05) is 18.2 Å². The van der Waals surface area contributed by atoms with E-state index in [2.05, 4.69) is 55.3 Å². The smallest absolute Gasteiger partial charge is 0.128 e. The number of benzene rings is 1. The average molecular weight is 226 g/mol. The van der Waals surface area contributed by atoms with Crippen LogP contribution in [0.4, 0.5) is 5.82 Å². The lowest BCUT2D eigenvalue weighted by Gasteiger charge is -2.08. The molecular weight excluding hydrogens is 208 g/mol. The van der Waals surface area contributed by atoms with Gasteiger partial charge in [0.2, 0.25) is 0 Å². The summed E-state index contributed by atoms with van der Waals surface area (Å²) in [7, 11) is 1.89. The summed E-state index contributed by atoms with van der Waals surface area (Å²) in [5.41, 5.74) is 6.21. The van der Waals surface area contributed by atoms with Crippen molar-refractivity contribution in [1.82, 2.24) is 4.98 Å². The van der Waals surface area contributed by atoms with Crippen LogP contribution in [0.3, 0.4) is 0 Å². The Morgan fingerprint density at radius 3 is 2.18 bits per heavy atom. The highest BCUT2D eigenvalue weighted by molar-refractivity contribution is 5.66. The second kappa shape index (κ2) is 4.58. The molecule has 1 heterocycles. The first-order valence-corrected chi connectivity index (χ1v) is 5.84. The predicted molar refractivity (Wildman–Crippen MR) is 73.4 cm³/mol.